The lowest BCUT2D eigenvalue weighted by atomic mass is 10.1. The molecule has 0 saturated heterocycles. The van der Waals surface area contributed by atoms with Crippen LogP contribution in [0.4, 0.5) is 20.3 Å². The van der Waals surface area contributed by atoms with Crippen LogP contribution in [0.5, 0.6) is 0 Å². The molecule has 3 aromatic rings. The third-order valence-corrected chi connectivity index (χ3v) is 5.33. The van der Waals surface area contributed by atoms with E-state index in [1.807, 2.05) is 6.07 Å². The minimum Gasteiger partial charge on any atom is -0.387 e. The Hall–Kier alpha value is -3.11. The largest absolute Gasteiger partial charge is 0.387 e. The van der Waals surface area contributed by atoms with Gasteiger partial charge in [-0.15, -0.1) is 0 Å². The Labute approximate surface area is 199 Å². The van der Waals surface area contributed by atoms with Crippen LogP contribution in [0.3, 0.4) is 0 Å². The van der Waals surface area contributed by atoms with Gasteiger partial charge in [0, 0.05) is 54.6 Å². The zero-order chi connectivity index (χ0) is 23.8. The van der Waals surface area contributed by atoms with Crippen LogP contribution in [0.2, 0.25) is 0 Å². The normalized spacial score (nSPS) is 10.7. The Bertz CT molecular complexity index is 1110. The predicted octanol–water partition coefficient (Wildman–Crippen LogP) is 4.26. The maximum absolute atomic E-state index is 14.0. The molecule has 0 aliphatic heterocycles. The minimum absolute atomic E-state index is 0.0120. The first-order valence-electron chi connectivity index (χ1n) is 10.2. The molecule has 0 saturated carbocycles. The first-order chi connectivity index (χ1) is 15.9. The molecule has 0 atom stereocenters. The number of hydrogen-bond donors (Lipinski definition) is 3. The summed E-state index contributed by atoms with van der Waals surface area (Å²) in [6.45, 7) is 1.13. The third kappa shape index (κ3) is 6.45. The van der Waals surface area contributed by atoms with Crippen LogP contribution < -0.4 is 16.0 Å². The SMILES string of the molecule is CNc1cc(-c2cc(NCCc3c(F)cc(Br)cc3F)ncn2)ccc1C(=O)NCCOC. The third-order valence-electron chi connectivity index (χ3n) is 4.88. The lowest BCUT2D eigenvalue weighted by Crippen LogP contribution is -2.27. The first-order valence-corrected chi connectivity index (χ1v) is 11.0. The monoisotopic (exact) mass is 519 g/mol. The number of carbonyl (C=O) groups is 1. The molecule has 0 bridgehead atoms. The Morgan fingerprint density at radius 2 is 1.85 bits per heavy atom. The number of carbonyl (C=O) groups excluding carboxylic acids is 1. The number of aromatic nitrogens is 2. The summed E-state index contributed by atoms with van der Waals surface area (Å²) in [6.07, 6.45) is 1.56. The van der Waals surface area contributed by atoms with Gasteiger partial charge in [-0.1, -0.05) is 22.0 Å². The molecular formula is C23H24BrF2N5O2. The summed E-state index contributed by atoms with van der Waals surface area (Å²) in [4.78, 5) is 20.9. The van der Waals surface area contributed by atoms with Crippen molar-refractivity contribution in [2.75, 3.05) is 44.5 Å². The van der Waals surface area contributed by atoms with Gasteiger partial charge >= 0.3 is 0 Å². The molecule has 1 heterocycles. The van der Waals surface area contributed by atoms with Crippen LogP contribution in [-0.4, -0.2) is 49.7 Å². The molecule has 174 valence electrons. The predicted molar refractivity (Wildman–Crippen MR) is 127 cm³/mol. The molecule has 0 spiro atoms. The van der Waals surface area contributed by atoms with Crippen molar-refractivity contribution in [3.63, 3.8) is 0 Å². The lowest BCUT2D eigenvalue weighted by Gasteiger charge is -2.12. The van der Waals surface area contributed by atoms with Crippen molar-refractivity contribution in [3.05, 3.63) is 70.0 Å². The summed E-state index contributed by atoms with van der Waals surface area (Å²) in [5.74, 6) is -0.887. The molecule has 3 N–H and O–H groups in total. The second-order valence-corrected chi connectivity index (χ2v) is 7.99. The van der Waals surface area contributed by atoms with Crippen molar-refractivity contribution in [2.24, 2.45) is 0 Å². The van der Waals surface area contributed by atoms with Crippen molar-refractivity contribution >= 4 is 33.3 Å². The molecular weight excluding hydrogens is 496 g/mol. The molecule has 3 rings (SSSR count). The number of hydrogen-bond acceptors (Lipinski definition) is 6. The van der Waals surface area contributed by atoms with E-state index in [2.05, 4.69) is 41.8 Å². The van der Waals surface area contributed by atoms with Crippen LogP contribution in [0.25, 0.3) is 11.3 Å². The van der Waals surface area contributed by atoms with Crippen LogP contribution in [0.15, 0.2) is 47.2 Å². The average Bonchev–Trinajstić information content (AvgIpc) is 2.80. The highest BCUT2D eigenvalue weighted by Crippen LogP contribution is 2.26. The summed E-state index contributed by atoms with van der Waals surface area (Å²) in [5.41, 5.74) is 2.58. The summed E-state index contributed by atoms with van der Waals surface area (Å²) in [5, 5.41) is 8.90. The van der Waals surface area contributed by atoms with Gasteiger partial charge < -0.3 is 20.7 Å². The van der Waals surface area contributed by atoms with E-state index in [0.717, 1.165) is 5.56 Å². The molecule has 0 aliphatic carbocycles. The standard InChI is InChI=1S/C23H24BrF2N5O2/c1-27-21-9-14(3-4-17(21)23(32)29-7-8-33-2)20-12-22(31-13-30-20)28-6-5-16-18(25)10-15(24)11-19(16)26/h3-4,9-13,27H,5-8H2,1-2H3,(H,29,32)(H,28,30,31). The first kappa shape index (κ1) is 24.5. The van der Waals surface area contributed by atoms with Gasteiger partial charge in [0.15, 0.2) is 0 Å². The molecule has 0 fully saturated rings. The molecule has 2 aromatic carbocycles. The number of nitrogens with one attached hydrogen (secondary N) is 3. The lowest BCUT2D eigenvalue weighted by molar-refractivity contribution is 0.0938. The summed E-state index contributed by atoms with van der Waals surface area (Å²) < 4.78 is 33.3. The highest BCUT2D eigenvalue weighted by atomic mass is 79.9. The molecule has 10 heteroatoms. The molecule has 0 unspecified atom stereocenters. The fourth-order valence-electron chi connectivity index (χ4n) is 3.21. The number of nitrogens with zero attached hydrogens (tertiary/aromatic N) is 2. The van der Waals surface area contributed by atoms with E-state index < -0.39 is 11.6 Å². The number of ether oxygens (including phenoxy) is 1. The Morgan fingerprint density at radius 1 is 1.09 bits per heavy atom. The number of halogens is 3. The zero-order valence-electron chi connectivity index (χ0n) is 18.2. The van der Waals surface area contributed by atoms with E-state index in [1.54, 1.807) is 32.4 Å². The van der Waals surface area contributed by atoms with Gasteiger partial charge in [0.25, 0.3) is 5.91 Å². The molecule has 1 amide bonds. The van der Waals surface area contributed by atoms with Crippen molar-refractivity contribution < 1.29 is 18.3 Å². The average molecular weight is 520 g/mol. The smallest absolute Gasteiger partial charge is 0.253 e. The van der Waals surface area contributed by atoms with Gasteiger partial charge in [0.05, 0.1) is 17.9 Å². The van der Waals surface area contributed by atoms with Gasteiger partial charge in [-0.2, -0.15) is 0 Å². The highest BCUT2D eigenvalue weighted by molar-refractivity contribution is 9.10. The summed E-state index contributed by atoms with van der Waals surface area (Å²) >= 11 is 3.07. The molecule has 0 aliphatic rings. The van der Waals surface area contributed by atoms with Crippen LogP contribution in [0.1, 0.15) is 15.9 Å². The second kappa shape index (κ2) is 11.7. The molecule has 1 aromatic heterocycles. The Morgan fingerprint density at radius 3 is 2.55 bits per heavy atom. The fourth-order valence-corrected chi connectivity index (χ4v) is 3.61. The fraction of sp³-hybridized carbons (Fsp3) is 0.261. The van der Waals surface area contributed by atoms with Gasteiger partial charge in [-0.3, -0.25) is 4.79 Å². The number of anilines is 2. The Kier molecular flexibility index (Phi) is 8.67. The van der Waals surface area contributed by atoms with Gasteiger partial charge in [-0.25, -0.2) is 18.7 Å². The van der Waals surface area contributed by atoms with Gasteiger partial charge in [0.2, 0.25) is 0 Å². The van der Waals surface area contributed by atoms with E-state index in [0.29, 0.717) is 40.4 Å². The van der Waals surface area contributed by atoms with Crippen molar-refractivity contribution in [1.82, 2.24) is 15.3 Å². The maximum Gasteiger partial charge on any atom is 0.253 e. The van der Waals surface area contributed by atoms with E-state index in [4.69, 9.17) is 4.74 Å². The number of methoxy groups -OCH3 is 1. The molecule has 0 radical (unpaired) electrons. The van der Waals surface area contributed by atoms with Crippen molar-refractivity contribution in [1.29, 1.82) is 0 Å². The number of benzene rings is 2. The maximum atomic E-state index is 14.0. The summed E-state index contributed by atoms with van der Waals surface area (Å²) in [6, 6.07) is 9.55. The van der Waals surface area contributed by atoms with E-state index in [-0.39, 0.29) is 24.4 Å². The second-order valence-electron chi connectivity index (χ2n) is 7.07. The van der Waals surface area contributed by atoms with Crippen LogP contribution in [-0.2, 0) is 11.2 Å². The van der Waals surface area contributed by atoms with Crippen molar-refractivity contribution in [3.8, 4) is 11.3 Å². The summed E-state index contributed by atoms with van der Waals surface area (Å²) in [7, 11) is 3.31. The minimum atomic E-state index is -0.599. The van der Waals surface area contributed by atoms with E-state index >= 15 is 0 Å². The zero-order valence-corrected chi connectivity index (χ0v) is 19.8. The molecule has 33 heavy (non-hydrogen) atoms. The van der Waals surface area contributed by atoms with E-state index in [9.17, 15) is 13.6 Å². The number of amides is 1. The van der Waals surface area contributed by atoms with E-state index in [1.165, 1.54) is 18.5 Å². The highest BCUT2D eigenvalue weighted by Gasteiger charge is 2.13. The van der Waals surface area contributed by atoms with Crippen LogP contribution in [0, 0.1) is 11.6 Å². The topological polar surface area (TPSA) is 88.2 Å². The van der Waals surface area contributed by atoms with Gasteiger partial charge in [0.1, 0.15) is 23.8 Å². The molecule has 7 nitrogen and oxygen atoms in total. The van der Waals surface area contributed by atoms with Gasteiger partial charge in [-0.05, 0) is 30.7 Å². The van der Waals surface area contributed by atoms with Crippen molar-refractivity contribution in [2.45, 2.75) is 6.42 Å². The number of rotatable bonds is 10. The van der Waals surface area contributed by atoms with Crippen LogP contribution >= 0.6 is 15.9 Å². The quantitative estimate of drug-likeness (QED) is 0.347. The Balaban J connectivity index is 1.70.